The molecule has 4 heterocycles. The number of nitrogens with two attached hydrogens (primary N) is 2. The van der Waals surface area contributed by atoms with Crippen molar-refractivity contribution in [2.24, 2.45) is 22.4 Å². The first-order valence-electron chi connectivity index (χ1n) is 27.7. The molecule has 1 aromatic heterocycles. The molecule has 25 heteroatoms. The quantitative estimate of drug-likeness (QED) is 0.0355. The average molecular weight is 1130 g/mol. The summed E-state index contributed by atoms with van der Waals surface area (Å²) >= 11 is 0. The summed E-state index contributed by atoms with van der Waals surface area (Å²) in [6.07, 6.45) is 10.3. The van der Waals surface area contributed by atoms with Crippen molar-refractivity contribution < 1.29 is 52.7 Å². The fourth-order valence-corrected chi connectivity index (χ4v) is 9.24. The number of fused-ring (bicyclic) bond motifs is 1. The first kappa shape index (κ1) is 62.0. The molecule has 0 bridgehead atoms. The zero-order valence-corrected chi connectivity index (χ0v) is 46.4. The summed E-state index contributed by atoms with van der Waals surface area (Å²) in [7, 11) is 0. The zero-order chi connectivity index (χ0) is 59.0. The van der Waals surface area contributed by atoms with Gasteiger partial charge in [0.15, 0.2) is 0 Å². The van der Waals surface area contributed by atoms with E-state index in [1.165, 1.54) is 12.2 Å². The number of carbonyl (C=O) groups excluding carboxylic acids is 10. The Morgan fingerprint density at radius 1 is 0.780 bits per heavy atom. The molecule has 0 aliphatic carbocycles. The number of anilines is 3. The molecule has 2 aromatic carbocycles. The number of ether oxygens (including phenoxy) is 1. The van der Waals surface area contributed by atoms with E-state index in [1.807, 2.05) is 24.8 Å². The second-order valence-corrected chi connectivity index (χ2v) is 19.9. The monoisotopic (exact) mass is 1130 g/mol. The summed E-state index contributed by atoms with van der Waals surface area (Å²) in [4.78, 5) is 139. The summed E-state index contributed by atoms with van der Waals surface area (Å²) in [6.45, 7) is 6.80. The number of alkyl carbamates (subject to hydrolysis) is 1. The molecular weight excluding hydrogens is 1060 g/mol. The van der Waals surface area contributed by atoms with Crippen LogP contribution in [-0.2, 0) is 44.9 Å². The minimum absolute atomic E-state index is 0.0647. The molecule has 1 saturated heterocycles. The minimum atomic E-state index is -1.04. The van der Waals surface area contributed by atoms with Crippen LogP contribution in [-0.4, -0.2) is 145 Å². The van der Waals surface area contributed by atoms with E-state index >= 15 is 0 Å². The Morgan fingerprint density at radius 2 is 1.49 bits per heavy atom. The number of piperidine rings is 1. The van der Waals surface area contributed by atoms with Crippen molar-refractivity contribution in [3.8, 4) is 0 Å². The van der Waals surface area contributed by atoms with Gasteiger partial charge in [0, 0.05) is 106 Å². The van der Waals surface area contributed by atoms with Gasteiger partial charge in [-0.25, -0.2) is 19.6 Å². The van der Waals surface area contributed by atoms with Gasteiger partial charge < -0.3 is 63.2 Å². The number of amidine groups is 1. The number of aliphatic imine (C=N–C) groups is 1. The molecule has 438 valence electrons. The molecule has 0 spiro atoms. The Bertz CT molecular complexity index is 2860. The number of carbonyl (C=O) groups is 10. The van der Waals surface area contributed by atoms with E-state index in [0.717, 1.165) is 17.7 Å². The molecule has 3 aliphatic rings. The van der Waals surface area contributed by atoms with E-state index in [9.17, 15) is 47.9 Å². The Kier molecular flexibility index (Phi) is 23.9. The molecule has 1 atom stereocenters. The van der Waals surface area contributed by atoms with Gasteiger partial charge in [0.2, 0.25) is 29.5 Å². The largest absolute Gasteiger partial charge is 0.445 e. The SMILES string of the molecule is CCCN(CCC)C(=O)C1=Cc2ccc(C(=O)Nc3ccc(N4CCC(C(=O)NCCNC(=O)OCc5ccc(NC(=O)[C@H](CCCNC(N)=O)NC(=O)CNC(=O)CCCCCN6C(=O)C=CC6=O)cc5)CC4)nc3)cc2N=C(N)C1. The third-order valence-corrected chi connectivity index (χ3v) is 13.5. The Morgan fingerprint density at radius 3 is 2.17 bits per heavy atom. The van der Waals surface area contributed by atoms with Gasteiger partial charge >= 0.3 is 12.1 Å². The summed E-state index contributed by atoms with van der Waals surface area (Å²) in [5, 5.41) is 18.7. The van der Waals surface area contributed by atoms with Gasteiger partial charge in [0.25, 0.3) is 17.7 Å². The maximum absolute atomic E-state index is 13.4. The maximum Gasteiger partial charge on any atom is 0.407 e. The number of benzene rings is 2. The molecule has 3 aliphatic heterocycles. The van der Waals surface area contributed by atoms with E-state index in [-0.39, 0.29) is 100.0 Å². The van der Waals surface area contributed by atoms with Crippen LogP contribution in [0.5, 0.6) is 0 Å². The van der Waals surface area contributed by atoms with E-state index in [0.29, 0.717) is 116 Å². The third-order valence-electron chi connectivity index (χ3n) is 13.5. The van der Waals surface area contributed by atoms with Gasteiger partial charge in [-0.2, -0.15) is 0 Å². The molecule has 11 N–H and O–H groups in total. The number of imide groups is 1. The normalized spacial score (nSPS) is 14.3. The fraction of sp³-hybridized carbons (Fsp3) is 0.439. The number of aromatic nitrogens is 1. The number of pyridine rings is 1. The highest BCUT2D eigenvalue weighted by Gasteiger charge is 2.27. The van der Waals surface area contributed by atoms with Crippen molar-refractivity contribution in [2.45, 2.75) is 97.1 Å². The van der Waals surface area contributed by atoms with Gasteiger partial charge in [-0.15, -0.1) is 0 Å². The van der Waals surface area contributed by atoms with Crippen LogP contribution in [0.15, 0.2) is 83.5 Å². The van der Waals surface area contributed by atoms with Crippen LogP contribution in [0, 0.1) is 5.92 Å². The van der Waals surface area contributed by atoms with Crippen LogP contribution < -0.4 is 53.6 Å². The minimum Gasteiger partial charge on any atom is -0.445 e. The number of primary amides is 1. The highest BCUT2D eigenvalue weighted by atomic mass is 16.5. The Labute approximate surface area is 475 Å². The number of hydrogen-bond donors (Lipinski definition) is 9. The highest BCUT2D eigenvalue weighted by Crippen LogP contribution is 2.29. The van der Waals surface area contributed by atoms with E-state index in [2.05, 4.69) is 52.1 Å². The molecule has 25 nitrogen and oxygen atoms in total. The van der Waals surface area contributed by atoms with E-state index < -0.39 is 30.0 Å². The highest BCUT2D eigenvalue weighted by molar-refractivity contribution is 6.13. The maximum atomic E-state index is 13.4. The predicted molar refractivity (Wildman–Crippen MR) is 307 cm³/mol. The van der Waals surface area contributed by atoms with Crippen molar-refractivity contribution in [3.63, 3.8) is 0 Å². The lowest BCUT2D eigenvalue weighted by Crippen LogP contribution is -2.47. The number of unbranched alkanes of at least 4 members (excludes halogenated alkanes) is 2. The fourth-order valence-electron chi connectivity index (χ4n) is 9.24. The van der Waals surface area contributed by atoms with Gasteiger partial charge in [0.1, 0.15) is 24.3 Å². The first-order valence-corrected chi connectivity index (χ1v) is 27.7. The second kappa shape index (κ2) is 31.6. The van der Waals surface area contributed by atoms with Crippen molar-refractivity contribution in [1.29, 1.82) is 0 Å². The number of nitrogens with zero attached hydrogens (tertiary/aromatic N) is 5. The molecule has 0 saturated carbocycles. The van der Waals surface area contributed by atoms with Crippen LogP contribution in [0.4, 0.5) is 32.5 Å². The molecule has 1 fully saturated rings. The predicted octanol–water partition coefficient (Wildman–Crippen LogP) is 3.49. The molecule has 82 heavy (non-hydrogen) atoms. The van der Waals surface area contributed by atoms with Crippen LogP contribution >= 0.6 is 0 Å². The lowest BCUT2D eigenvalue weighted by molar-refractivity contribution is -0.137. The summed E-state index contributed by atoms with van der Waals surface area (Å²) in [6, 6.07) is 13.4. The number of amides is 11. The lowest BCUT2D eigenvalue weighted by atomic mass is 9.96. The summed E-state index contributed by atoms with van der Waals surface area (Å²) < 4.78 is 5.33. The van der Waals surface area contributed by atoms with Crippen molar-refractivity contribution in [3.05, 3.63) is 95.2 Å². The molecule has 6 rings (SSSR count). The Balaban J connectivity index is 0.851. The second-order valence-electron chi connectivity index (χ2n) is 19.9. The van der Waals surface area contributed by atoms with E-state index in [1.54, 1.807) is 60.8 Å². The molecule has 0 unspecified atom stereocenters. The molecule has 0 radical (unpaired) electrons. The molecular formula is C57H74N14O11. The third kappa shape index (κ3) is 19.6. The summed E-state index contributed by atoms with van der Waals surface area (Å²) in [5.74, 6) is -2.06. The number of hydrogen-bond acceptors (Lipinski definition) is 15. The standard InChI is InChI=1S/C57H74N14O11/c1-3-26-70(27-4-2)55(79)41-31-39-13-14-40(32-45(39)67-46(58)33-41)53(77)66-43-17-18-47(63-34-43)69-29-21-38(22-30-69)52(76)60-24-25-62-57(81)82-36-37-11-15-42(16-12-37)65-54(78)44(9-8-23-61-56(59)80)68-49(73)35-64-48(72)10-6-5-7-28-71-50(74)19-20-51(71)75/h11-20,31-32,34,38,44H,3-10,21-30,33,35-36H2,1-2H3,(H2,58,67)(H,60,76)(H,62,81)(H,64,72)(H,65,78)(H,66,77)(H,68,73)(H3,59,61,80)/t44-/m0/s1. The van der Waals surface area contributed by atoms with Gasteiger partial charge in [-0.1, -0.05) is 38.5 Å². The topological polar surface area (TPSA) is 351 Å². The number of rotatable bonds is 29. The number of nitrogens with one attached hydrogen (secondary N) is 7. The Hall–Kier alpha value is -9.16. The average Bonchev–Trinajstić information content (AvgIpc) is 3.86. The lowest BCUT2D eigenvalue weighted by Gasteiger charge is -2.32. The van der Waals surface area contributed by atoms with Crippen LogP contribution in [0.1, 0.15) is 106 Å². The van der Waals surface area contributed by atoms with Gasteiger partial charge in [-0.05, 0) is 99.4 Å². The van der Waals surface area contributed by atoms with Crippen molar-refractivity contribution >= 4 is 94.2 Å². The van der Waals surface area contributed by atoms with Gasteiger partial charge in [0.05, 0.1) is 24.1 Å². The smallest absolute Gasteiger partial charge is 0.407 e. The van der Waals surface area contributed by atoms with Gasteiger partial charge in [-0.3, -0.25) is 43.3 Å². The van der Waals surface area contributed by atoms with Crippen molar-refractivity contribution in [1.82, 2.24) is 41.4 Å². The van der Waals surface area contributed by atoms with Crippen LogP contribution in [0.3, 0.4) is 0 Å². The van der Waals surface area contributed by atoms with Crippen LogP contribution in [0.2, 0.25) is 0 Å². The summed E-state index contributed by atoms with van der Waals surface area (Å²) in [5.41, 5.74) is 15.0. The zero-order valence-electron chi connectivity index (χ0n) is 46.4. The molecule has 11 amide bonds. The van der Waals surface area contributed by atoms with Crippen LogP contribution in [0.25, 0.3) is 6.08 Å². The van der Waals surface area contributed by atoms with E-state index in [4.69, 9.17) is 16.2 Å². The van der Waals surface area contributed by atoms with Crippen molar-refractivity contribution in [2.75, 3.05) is 74.4 Å². The number of urea groups is 1. The molecule has 3 aromatic rings. The first-order chi connectivity index (χ1) is 39.5.